The van der Waals surface area contributed by atoms with E-state index in [-0.39, 0.29) is 29.6 Å². The zero-order chi connectivity index (χ0) is 21.3. The molecule has 1 aliphatic rings. The van der Waals surface area contributed by atoms with Crippen LogP contribution >= 0.6 is 31.9 Å². The SMILES string of the molecule is C[C@H]1C[C@H](N(Cc2cc(F)ccc2F)S(=O)(=O)c2cc(Br)ccc2Br)CN1C#N. The monoisotopic (exact) mass is 547 g/mol. The van der Waals surface area contributed by atoms with Gasteiger partial charge in [-0.15, -0.1) is 0 Å². The van der Waals surface area contributed by atoms with E-state index in [1.54, 1.807) is 12.1 Å². The van der Waals surface area contributed by atoms with Crippen LogP contribution in [0.2, 0.25) is 0 Å². The van der Waals surface area contributed by atoms with Crippen LogP contribution < -0.4 is 0 Å². The molecule has 0 unspecified atom stereocenters. The Bertz CT molecular complexity index is 1080. The lowest BCUT2D eigenvalue weighted by Gasteiger charge is -2.28. The molecule has 154 valence electrons. The van der Waals surface area contributed by atoms with Gasteiger partial charge in [0, 0.05) is 39.7 Å². The lowest BCUT2D eigenvalue weighted by Crippen LogP contribution is -2.41. The average molecular weight is 549 g/mol. The molecule has 1 heterocycles. The lowest BCUT2D eigenvalue weighted by molar-refractivity contribution is 0.309. The van der Waals surface area contributed by atoms with Crippen molar-refractivity contribution in [1.29, 1.82) is 5.26 Å². The number of sulfonamides is 1. The molecular weight excluding hydrogens is 532 g/mol. The van der Waals surface area contributed by atoms with Gasteiger partial charge < -0.3 is 4.90 Å². The van der Waals surface area contributed by atoms with Crippen molar-refractivity contribution < 1.29 is 17.2 Å². The van der Waals surface area contributed by atoms with Crippen LogP contribution in [0.4, 0.5) is 8.78 Å². The second kappa shape index (κ2) is 8.68. The van der Waals surface area contributed by atoms with E-state index in [4.69, 9.17) is 0 Å². The topological polar surface area (TPSA) is 64.4 Å². The Morgan fingerprint density at radius 2 is 1.97 bits per heavy atom. The summed E-state index contributed by atoms with van der Waals surface area (Å²) < 4.78 is 57.2. The maximum atomic E-state index is 14.3. The summed E-state index contributed by atoms with van der Waals surface area (Å²) in [5.74, 6) is -1.34. The van der Waals surface area contributed by atoms with Crippen LogP contribution in [0.5, 0.6) is 0 Å². The van der Waals surface area contributed by atoms with Gasteiger partial charge in [-0.3, -0.25) is 0 Å². The summed E-state index contributed by atoms with van der Waals surface area (Å²) in [6.45, 7) is 1.66. The Hall–Kier alpha value is -1.54. The largest absolute Gasteiger partial charge is 0.306 e. The predicted molar refractivity (Wildman–Crippen MR) is 111 cm³/mol. The number of rotatable bonds is 5. The Balaban J connectivity index is 2.08. The van der Waals surface area contributed by atoms with E-state index in [9.17, 15) is 22.5 Å². The maximum absolute atomic E-state index is 14.3. The van der Waals surface area contributed by atoms with E-state index in [0.717, 1.165) is 22.5 Å². The summed E-state index contributed by atoms with van der Waals surface area (Å²) in [4.78, 5) is 1.50. The Labute approximate surface area is 185 Å². The summed E-state index contributed by atoms with van der Waals surface area (Å²) in [5.41, 5.74) is -0.0669. The first-order valence-corrected chi connectivity index (χ1v) is 11.7. The summed E-state index contributed by atoms with van der Waals surface area (Å²) >= 11 is 6.54. The van der Waals surface area contributed by atoms with Gasteiger partial charge >= 0.3 is 0 Å². The summed E-state index contributed by atoms with van der Waals surface area (Å²) in [6.07, 6.45) is 2.45. The van der Waals surface area contributed by atoms with Gasteiger partial charge in [0.15, 0.2) is 6.19 Å². The molecule has 0 spiro atoms. The van der Waals surface area contributed by atoms with Gasteiger partial charge in [-0.1, -0.05) is 15.9 Å². The van der Waals surface area contributed by atoms with Crippen LogP contribution in [0, 0.1) is 23.1 Å². The smallest absolute Gasteiger partial charge is 0.244 e. The first kappa shape index (κ1) is 22.2. The molecule has 0 aliphatic carbocycles. The lowest BCUT2D eigenvalue weighted by atomic mass is 10.1. The Morgan fingerprint density at radius 1 is 1.24 bits per heavy atom. The maximum Gasteiger partial charge on any atom is 0.244 e. The molecule has 1 saturated heterocycles. The first-order valence-electron chi connectivity index (χ1n) is 8.70. The number of nitriles is 1. The van der Waals surface area contributed by atoms with Crippen molar-refractivity contribution in [2.75, 3.05) is 6.54 Å². The molecule has 2 aromatic carbocycles. The van der Waals surface area contributed by atoms with Gasteiger partial charge in [0.2, 0.25) is 10.0 Å². The molecule has 1 aliphatic heterocycles. The normalized spacial score (nSPS) is 19.6. The van der Waals surface area contributed by atoms with E-state index in [0.29, 0.717) is 15.4 Å². The standard InChI is InChI=1S/C19H17Br2F2N3O2S/c1-12-6-16(10-25(12)11-24)26(9-13-7-15(22)3-5-18(13)23)29(27,28)19-8-14(20)2-4-17(19)21/h2-5,7-8,12,16H,6,9-10H2,1H3/t12-,16-/m0/s1. The molecule has 1 fully saturated rings. The number of likely N-dealkylation sites (tertiary alicyclic amines) is 1. The molecule has 0 N–H and O–H groups in total. The molecular formula is C19H17Br2F2N3O2S. The van der Waals surface area contributed by atoms with Crippen LogP contribution in [-0.2, 0) is 16.6 Å². The van der Waals surface area contributed by atoms with Gasteiger partial charge in [0.05, 0.1) is 4.90 Å². The number of benzene rings is 2. The molecule has 3 rings (SSSR count). The van der Waals surface area contributed by atoms with E-state index in [1.165, 1.54) is 11.0 Å². The van der Waals surface area contributed by atoms with E-state index < -0.39 is 27.7 Å². The predicted octanol–water partition coefficient (Wildman–Crippen LogP) is 4.62. The summed E-state index contributed by atoms with van der Waals surface area (Å²) in [6, 6.07) is 6.96. The van der Waals surface area contributed by atoms with Crippen LogP contribution in [-0.4, -0.2) is 36.3 Å². The number of halogens is 4. The number of nitrogens with zero attached hydrogens (tertiary/aromatic N) is 3. The Morgan fingerprint density at radius 3 is 2.62 bits per heavy atom. The molecule has 29 heavy (non-hydrogen) atoms. The molecule has 2 atom stereocenters. The minimum atomic E-state index is -4.09. The van der Waals surface area contributed by atoms with Gasteiger partial charge in [0.1, 0.15) is 11.6 Å². The minimum absolute atomic E-state index is 0.00625. The van der Waals surface area contributed by atoms with Crippen molar-refractivity contribution in [2.24, 2.45) is 0 Å². The van der Waals surface area contributed by atoms with Gasteiger partial charge in [-0.05, 0) is 65.7 Å². The van der Waals surface area contributed by atoms with Crippen molar-refractivity contribution in [3.63, 3.8) is 0 Å². The van der Waals surface area contributed by atoms with Crippen molar-refractivity contribution in [3.8, 4) is 6.19 Å². The van der Waals surface area contributed by atoms with Gasteiger partial charge in [-0.2, -0.15) is 9.57 Å². The zero-order valence-corrected chi connectivity index (χ0v) is 19.3. The molecule has 0 amide bonds. The van der Waals surface area contributed by atoms with Crippen LogP contribution in [0.1, 0.15) is 18.9 Å². The Kier molecular flexibility index (Phi) is 6.63. The fourth-order valence-corrected chi connectivity index (χ4v) is 6.46. The quantitative estimate of drug-likeness (QED) is 0.511. The van der Waals surface area contributed by atoms with E-state index in [2.05, 4.69) is 38.1 Å². The molecule has 0 aromatic heterocycles. The third kappa shape index (κ3) is 4.63. The molecule has 0 radical (unpaired) electrons. The van der Waals surface area contributed by atoms with E-state index in [1.807, 2.05) is 6.92 Å². The minimum Gasteiger partial charge on any atom is -0.306 e. The van der Waals surface area contributed by atoms with Gasteiger partial charge in [0.25, 0.3) is 0 Å². The highest BCUT2D eigenvalue weighted by atomic mass is 79.9. The fraction of sp³-hybridized carbons (Fsp3) is 0.316. The van der Waals surface area contributed by atoms with Crippen molar-refractivity contribution >= 4 is 41.9 Å². The summed E-state index contributed by atoms with van der Waals surface area (Å²) in [5, 5.41) is 9.29. The van der Waals surface area contributed by atoms with Crippen molar-refractivity contribution in [3.05, 3.63) is 62.5 Å². The molecule has 0 bridgehead atoms. The first-order chi connectivity index (χ1) is 13.6. The molecule has 10 heteroatoms. The number of hydrogen-bond acceptors (Lipinski definition) is 4. The van der Waals surface area contributed by atoms with Crippen LogP contribution in [0.3, 0.4) is 0 Å². The van der Waals surface area contributed by atoms with Crippen LogP contribution in [0.15, 0.2) is 50.2 Å². The highest BCUT2D eigenvalue weighted by Gasteiger charge is 2.40. The third-order valence-electron chi connectivity index (χ3n) is 4.90. The zero-order valence-electron chi connectivity index (χ0n) is 15.3. The summed E-state index contributed by atoms with van der Waals surface area (Å²) in [7, 11) is -4.09. The molecule has 2 aromatic rings. The highest BCUT2D eigenvalue weighted by molar-refractivity contribution is 9.11. The number of hydrogen-bond donors (Lipinski definition) is 0. The highest BCUT2D eigenvalue weighted by Crippen LogP contribution is 2.33. The van der Waals surface area contributed by atoms with Crippen LogP contribution in [0.25, 0.3) is 0 Å². The van der Waals surface area contributed by atoms with E-state index >= 15 is 0 Å². The fourth-order valence-electron chi connectivity index (χ4n) is 3.39. The second-order valence-electron chi connectivity index (χ2n) is 6.85. The second-order valence-corrected chi connectivity index (χ2v) is 10.5. The van der Waals surface area contributed by atoms with Crippen molar-refractivity contribution in [2.45, 2.75) is 36.9 Å². The van der Waals surface area contributed by atoms with Gasteiger partial charge in [-0.25, -0.2) is 17.2 Å². The third-order valence-corrected chi connectivity index (χ3v) is 8.29. The average Bonchev–Trinajstić information content (AvgIpc) is 3.04. The molecule has 0 saturated carbocycles. The molecule has 5 nitrogen and oxygen atoms in total. The van der Waals surface area contributed by atoms with Crippen molar-refractivity contribution in [1.82, 2.24) is 9.21 Å².